The van der Waals surface area contributed by atoms with Crippen LogP contribution < -0.4 is 4.74 Å². The van der Waals surface area contributed by atoms with E-state index in [2.05, 4.69) is 32.3 Å². The molecule has 2 aromatic rings. The van der Waals surface area contributed by atoms with E-state index in [0.29, 0.717) is 11.8 Å². The Labute approximate surface area is 131 Å². The Morgan fingerprint density at radius 2 is 2.00 bits per heavy atom. The molecule has 22 heavy (non-hydrogen) atoms. The first kappa shape index (κ1) is 13.6. The fourth-order valence-electron chi connectivity index (χ4n) is 4.15. The number of ether oxygens (including phenoxy) is 1. The lowest BCUT2D eigenvalue weighted by molar-refractivity contribution is -0.923. The second-order valence-corrected chi connectivity index (χ2v) is 7.03. The molecule has 4 rings (SSSR count). The summed E-state index contributed by atoms with van der Waals surface area (Å²) in [4.78, 5) is 0. The van der Waals surface area contributed by atoms with Crippen molar-refractivity contribution in [2.24, 2.45) is 0 Å². The number of nitrogens with zero attached hydrogens (tertiary/aromatic N) is 1. The highest BCUT2D eigenvalue weighted by atomic mass is 16.5. The molecular weight excluding hydrogens is 274 g/mol. The molecule has 0 spiro atoms. The van der Waals surface area contributed by atoms with Crippen LogP contribution in [0.15, 0.2) is 30.3 Å². The third kappa shape index (κ3) is 1.78. The largest absolute Gasteiger partial charge is 0.507 e. The second kappa shape index (κ2) is 4.50. The van der Waals surface area contributed by atoms with Crippen molar-refractivity contribution in [1.29, 1.82) is 0 Å². The third-order valence-electron chi connectivity index (χ3n) is 5.42. The molecule has 3 heteroatoms. The number of quaternary nitrogens is 1. The monoisotopic (exact) mass is 296 g/mol. The summed E-state index contributed by atoms with van der Waals surface area (Å²) in [7, 11) is 6.34. The lowest BCUT2D eigenvalue weighted by Gasteiger charge is -2.46. The van der Waals surface area contributed by atoms with Crippen molar-refractivity contribution in [1.82, 2.24) is 0 Å². The van der Waals surface area contributed by atoms with Gasteiger partial charge in [0.2, 0.25) is 0 Å². The molecule has 0 radical (unpaired) electrons. The number of benzene rings is 2. The van der Waals surface area contributed by atoms with Gasteiger partial charge in [0.05, 0.1) is 27.7 Å². The molecule has 114 valence electrons. The molecule has 1 heterocycles. The van der Waals surface area contributed by atoms with Crippen LogP contribution in [0.5, 0.6) is 11.5 Å². The summed E-state index contributed by atoms with van der Waals surface area (Å²) < 4.78 is 6.50. The zero-order valence-corrected chi connectivity index (χ0v) is 13.4. The minimum atomic E-state index is 0.377. The van der Waals surface area contributed by atoms with Crippen LogP contribution >= 0.6 is 0 Å². The SMILES string of the molecule is COc1cc2c3c(c1)-c1c(O)cccc1C[C@H]3[N+](C)(C)CC2. The number of hydrogen-bond donors (Lipinski definition) is 1. The van der Waals surface area contributed by atoms with Gasteiger partial charge < -0.3 is 14.3 Å². The molecule has 0 fully saturated rings. The van der Waals surface area contributed by atoms with Crippen LogP contribution in [0.3, 0.4) is 0 Å². The van der Waals surface area contributed by atoms with Crippen LogP contribution in [0.2, 0.25) is 0 Å². The van der Waals surface area contributed by atoms with Crippen molar-refractivity contribution in [3.05, 3.63) is 47.0 Å². The van der Waals surface area contributed by atoms with Gasteiger partial charge in [-0.1, -0.05) is 12.1 Å². The second-order valence-electron chi connectivity index (χ2n) is 7.03. The molecule has 0 amide bonds. The van der Waals surface area contributed by atoms with Crippen LogP contribution in [0.4, 0.5) is 0 Å². The molecule has 1 N–H and O–H groups in total. The normalized spacial score (nSPS) is 21.0. The first-order chi connectivity index (χ1) is 10.5. The Bertz CT molecular complexity index is 764. The van der Waals surface area contributed by atoms with Gasteiger partial charge in [-0.3, -0.25) is 0 Å². The summed E-state index contributed by atoms with van der Waals surface area (Å²) in [6.07, 6.45) is 2.05. The third-order valence-corrected chi connectivity index (χ3v) is 5.42. The van der Waals surface area contributed by atoms with E-state index in [0.717, 1.165) is 40.7 Å². The van der Waals surface area contributed by atoms with Gasteiger partial charge in [-0.05, 0) is 34.9 Å². The number of likely N-dealkylation sites (N-methyl/N-ethyl adjacent to an activating group) is 1. The molecule has 3 nitrogen and oxygen atoms in total. The number of methoxy groups -OCH3 is 1. The van der Waals surface area contributed by atoms with Gasteiger partial charge in [0.1, 0.15) is 17.5 Å². The van der Waals surface area contributed by atoms with Crippen molar-refractivity contribution in [2.45, 2.75) is 18.9 Å². The zero-order chi connectivity index (χ0) is 15.5. The zero-order valence-electron chi connectivity index (χ0n) is 13.4. The van der Waals surface area contributed by atoms with Gasteiger partial charge in [0, 0.05) is 24.0 Å². The summed E-state index contributed by atoms with van der Waals surface area (Å²) in [6, 6.07) is 10.6. The predicted molar refractivity (Wildman–Crippen MR) is 87.2 cm³/mol. The number of rotatable bonds is 1. The smallest absolute Gasteiger partial charge is 0.123 e. The van der Waals surface area contributed by atoms with Crippen LogP contribution in [-0.4, -0.2) is 37.3 Å². The van der Waals surface area contributed by atoms with E-state index in [1.807, 2.05) is 6.07 Å². The van der Waals surface area contributed by atoms with Crippen molar-refractivity contribution < 1.29 is 14.3 Å². The highest BCUT2D eigenvalue weighted by Gasteiger charge is 2.41. The molecule has 1 aliphatic carbocycles. The van der Waals surface area contributed by atoms with Gasteiger partial charge in [-0.2, -0.15) is 0 Å². The van der Waals surface area contributed by atoms with Gasteiger partial charge in [0.15, 0.2) is 0 Å². The number of aromatic hydroxyl groups is 1. The Morgan fingerprint density at radius 1 is 1.18 bits per heavy atom. The number of hydrogen-bond acceptors (Lipinski definition) is 2. The number of fused-ring (bicyclic) bond motifs is 2. The molecule has 2 aromatic carbocycles. The van der Waals surface area contributed by atoms with Gasteiger partial charge in [-0.25, -0.2) is 0 Å². The highest BCUT2D eigenvalue weighted by Crippen LogP contribution is 2.50. The van der Waals surface area contributed by atoms with E-state index in [1.54, 1.807) is 13.2 Å². The van der Waals surface area contributed by atoms with Gasteiger partial charge in [0.25, 0.3) is 0 Å². The molecule has 0 unspecified atom stereocenters. The fraction of sp³-hybridized carbons (Fsp3) is 0.368. The maximum absolute atomic E-state index is 10.4. The predicted octanol–water partition coefficient (Wildman–Crippen LogP) is 3.30. The summed E-state index contributed by atoms with van der Waals surface area (Å²) >= 11 is 0. The molecule has 0 saturated heterocycles. The molecule has 0 saturated carbocycles. The van der Waals surface area contributed by atoms with E-state index < -0.39 is 0 Å². The van der Waals surface area contributed by atoms with Crippen molar-refractivity contribution in [3.63, 3.8) is 0 Å². The van der Waals surface area contributed by atoms with E-state index in [1.165, 1.54) is 16.7 Å². The van der Waals surface area contributed by atoms with Crippen LogP contribution in [-0.2, 0) is 12.8 Å². The Kier molecular flexibility index (Phi) is 2.79. The van der Waals surface area contributed by atoms with Crippen LogP contribution in [0.1, 0.15) is 22.7 Å². The summed E-state index contributed by atoms with van der Waals surface area (Å²) in [5.74, 6) is 1.26. The average molecular weight is 296 g/mol. The Morgan fingerprint density at radius 3 is 2.77 bits per heavy atom. The maximum Gasteiger partial charge on any atom is 0.123 e. The van der Waals surface area contributed by atoms with E-state index in [9.17, 15) is 5.11 Å². The van der Waals surface area contributed by atoms with Gasteiger partial charge in [-0.15, -0.1) is 0 Å². The molecule has 0 aromatic heterocycles. The van der Waals surface area contributed by atoms with Crippen molar-refractivity contribution >= 4 is 0 Å². The average Bonchev–Trinajstić information content (AvgIpc) is 2.50. The molecule has 1 aliphatic heterocycles. The van der Waals surface area contributed by atoms with Crippen molar-refractivity contribution in [3.8, 4) is 22.6 Å². The lowest BCUT2D eigenvalue weighted by Crippen LogP contribution is -2.49. The molecular formula is C19H22NO2+. The first-order valence-electron chi connectivity index (χ1n) is 7.86. The summed E-state index contributed by atoms with van der Waals surface area (Å²) in [5.41, 5.74) is 6.18. The van der Waals surface area contributed by atoms with Crippen LogP contribution in [0, 0.1) is 0 Å². The quantitative estimate of drug-likeness (QED) is 0.818. The van der Waals surface area contributed by atoms with E-state index in [4.69, 9.17) is 4.74 Å². The highest BCUT2D eigenvalue weighted by molar-refractivity contribution is 5.81. The van der Waals surface area contributed by atoms with Crippen molar-refractivity contribution in [2.75, 3.05) is 27.7 Å². The first-order valence-corrected chi connectivity index (χ1v) is 7.86. The minimum Gasteiger partial charge on any atom is -0.507 e. The summed E-state index contributed by atoms with van der Waals surface area (Å²) in [5, 5.41) is 10.4. The van der Waals surface area contributed by atoms with Gasteiger partial charge >= 0.3 is 0 Å². The topological polar surface area (TPSA) is 29.5 Å². The molecule has 1 atom stereocenters. The molecule has 2 aliphatic rings. The molecule has 0 bridgehead atoms. The van der Waals surface area contributed by atoms with Crippen LogP contribution in [0.25, 0.3) is 11.1 Å². The minimum absolute atomic E-state index is 0.377. The summed E-state index contributed by atoms with van der Waals surface area (Å²) in [6.45, 7) is 1.14. The standard InChI is InChI=1S/C19H21NO2/c1-20(2)8-7-13-9-14(22-3)11-15-18(13)16(20)10-12-5-4-6-17(21)19(12)15/h4-6,9,11,16H,7-8,10H2,1-3H3/p+1/t16-/m1/s1. The van der Waals surface area contributed by atoms with E-state index >= 15 is 0 Å². The number of phenolic OH excluding ortho intramolecular Hbond substituents is 1. The fourth-order valence-corrected chi connectivity index (χ4v) is 4.15. The number of phenols is 1. The Hall–Kier alpha value is -2.00. The Balaban J connectivity index is 2.06. The maximum atomic E-state index is 10.4. The lowest BCUT2D eigenvalue weighted by atomic mass is 9.76. The van der Waals surface area contributed by atoms with E-state index in [-0.39, 0.29) is 0 Å².